The third-order valence-electron chi connectivity index (χ3n) is 4.81. The zero-order valence-corrected chi connectivity index (χ0v) is 14.3. The van der Waals surface area contributed by atoms with Crippen molar-refractivity contribution in [3.63, 3.8) is 0 Å². The fourth-order valence-corrected chi connectivity index (χ4v) is 4.54. The van der Waals surface area contributed by atoms with E-state index in [-0.39, 0.29) is 5.91 Å². The van der Waals surface area contributed by atoms with Gasteiger partial charge in [0.05, 0.1) is 10.6 Å². The second-order valence-electron chi connectivity index (χ2n) is 6.43. The molecule has 23 heavy (non-hydrogen) atoms. The van der Waals surface area contributed by atoms with Crippen molar-refractivity contribution in [3.8, 4) is 0 Å². The summed E-state index contributed by atoms with van der Waals surface area (Å²) in [5.74, 6) is -0.123. The van der Waals surface area contributed by atoms with Gasteiger partial charge in [0.25, 0.3) is 5.91 Å². The molecule has 0 saturated carbocycles. The summed E-state index contributed by atoms with van der Waals surface area (Å²) in [7, 11) is 1.89. The Morgan fingerprint density at radius 2 is 2.22 bits per heavy atom. The van der Waals surface area contributed by atoms with Crippen molar-refractivity contribution in [3.05, 3.63) is 22.4 Å². The van der Waals surface area contributed by atoms with Gasteiger partial charge in [0.1, 0.15) is 0 Å². The third-order valence-corrected chi connectivity index (χ3v) is 5.85. The fourth-order valence-electron chi connectivity index (χ4n) is 3.60. The van der Waals surface area contributed by atoms with Crippen molar-refractivity contribution in [2.75, 3.05) is 26.2 Å². The Labute approximate surface area is 140 Å². The Hall–Kier alpha value is -1.60. The number of hydrogen-bond donors (Lipinski definition) is 0. The van der Waals surface area contributed by atoms with Crippen LogP contribution in [0.15, 0.2) is 16.1 Å². The molecule has 1 atom stereocenters. The number of amidine groups is 1. The minimum Gasteiger partial charge on any atom is -0.348 e. The van der Waals surface area contributed by atoms with Crippen LogP contribution in [-0.4, -0.2) is 62.9 Å². The molecule has 0 spiro atoms. The lowest BCUT2D eigenvalue weighted by molar-refractivity contribution is -0.113. The Kier molecular flexibility index (Phi) is 3.77. The van der Waals surface area contributed by atoms with E-state index in [2.05, 4.69) is 19.9 Å². The molecule has 4 rings (SSSR count). The second kappa shape index (κ2) is 5.79. The number of hydrogen-bond acceptors (Lipinski definition) is 5. The highest BCUT2D eigenvalue weighted by Gasteiger charge is 2.34. The highest BCUT2D eigenvalue weighted by molar-refractivity contribution is 8.18. The molecule has 0 bridgehead atoms. The number of carbonyl (C=O) groups is 1. The summed E-state index contributed by atoms with van der Waals surface area (Å²) < 4.78 is 1.77. The van der Waals surface area contributed by atoms with E-state index in [1.165, 1.54) is 31.1 Å². The zero-order chi connectivity index (χ0) is 16.0. The minimum atomic E-state index is -0.123. The molecule has 122 valence electrons. The Balaban J connectivity index is 1.49. The number of rotatable bonds is 1. The van der Waals surface area contributed by atoms with Gasteiger partial charge in [-0.2, -0.15) is 10.1 Å². The van der Waals surface area contributed by atoms with Gasteiger partial charge in [-0.15, -0.1) is 0 Å². The smallest absolute Gasteiger partial charge is 0.286 e. The maximum atomic E-state index is 12.2. The van der Waals surface area contributed by atoms with Crippen LogP contribution in [0.25, 0.3) is 6.08 Å². The van der Waals surface area contributed by atoms with Crippen LogP contribution in [-0.2, 0) is 11.8 Å². The molecule has 0 radical (unpaired) electrons. The summed E-state index contributed by atoms with van der Waals surface area (Å²) in [5.41, 5.74) is 1.92. The van der Waals surface area contributed by atoms with Crippen LogP contribution in [0.2, 0.25) is 0 Å². The number of nitrogens with zero attached hydrogens (tertiary/aromatic N) is 5. The molecule has 4 heterocycles. The SMILES string of the molecule is Cc1nn(C)cc1/C=C1\SC(N2CCN3CCCC3C2)=NC1=O. The molecule has 6 nitrogen and oxygen atoms in total. The van der Waals surface area contributed by atoms with Crippen LogP contribution in [0, 0.1) is 6.92 Å². The molecule has 7 heteroatoms. The average molecular weight is 331 g/mol. The number of fused-ring (bicyclic) bond motifs is 1. The molecule has 0 aliphatic carbocycles. The van der Waals surface area contributed by atoms with Gasteiger partial charge in [0, 0.05) is 44.5 Å². The van der Waals surface area contributed by atoms with Crippen LogP contribution >= 0.6 is 11.8 Å². The molecule has 1 unspecified atom stereocenters. The van der Waals surface area contributed by atoms with Crippen LogP contribution < -0.4 is 0 Å². The topological polar surface area (TPSA) is 53.7 Å². The molecule has 0 N–H and O–H groups in total. The van der Waals surface area contributed by atoms with Crippen molar-refractivity contribution >= 4 is 28.9 Å². The van der Waals surface area contributed by atoms with Gasteiger partial charge in [-0.25, -0.2) is 0 Å². The van der Waals surface area contributed by atoms with Gasteiger partial charge in [-0.1, -0.05) is 0 Å². The summed E-state index contributed by atoms with van der Waals surface area (Å²) in [6.45, 7) is 6.23. The number of amides is 1. The van der Waals surface area contributed by atoms with E-state index in [0.29, 0.717) is 10.9 Å². The van der Waals surface area contributed by atoms with Gasteiger partial charge in [-0.3, -0.25) is 14.4 Å². The number of aromatic nitrogens is 2. The molecule has 1 amide bonds. The Morgan fingerprint density at radius 3 is 3.00 bits per heavy atom. The van der Waals surface area contributed by atoms with Crippen molar-refractivity contribution < 1.29 is 4.79 Å². The summed E-state index contributed by atoms with van der Waals surface area (Å²) >= 11 is 1.50. The third kappa shape index (κ3) is 2.83. The van der Waals surface area contributed by atoms with E-state index in [9.17, 15) is 4.79 Å². The first kappa shape index (κ1) is 15.0. The summed E-state index contributed by atoms with van der Waals surface area (Å²) in [6, 6.07) is 0.635. The Morgan fingerprint density at radius 1 is 1.35 bits per heavy atom. The molecule has 0 aromatic carbocycles. The number of thioether (sulfide) groups is 1. The molecule has 3 aliphatic heterocycles. The zero-order valence-electron chi connectivity index (χ0n) is 13.5. The van der Waals surface area contributed by atoms with E-state index < -0.39 is 0 Å². The van der Waals surface area contributed by atoms with Crippen LogP contribution in [0.1, 0.15) is 24.1 Å². The molecule has 1 aromatic heterocycles. The lowest BCUT2D eigenvalue weighted by Crippen LogP contribution is -2.51. The van der Waals surface area contributed by atoms with Crippen LogP contribution in [0.5, 0.6) is 0 Å². The standard InChI is InChI=1S/C16H21N5OS/c1-11-12(9-19(2)18-11)8-14-15(22)17-16(23-14)21-7-6-20-5-3-4-13(20)10-21/h8-9,13H,3-7,10H2,1-2H3/b14-8-. The highest BCUT2D eigenvalue weighted by atomic mass is 32.2. The quantitative estimate of drug-likeness (QED) is 0.730. The molecule has 3 aliphatic rings. The van der Waals surface area contributed by atoms with Crippen molar-refractivity contribution in [1.29, 1.82) is 0 Å². The van der Waals surface area contributed by atoms with E-state index in [1.54, 1.807) is 4.68 Å². The van der Waals surface area contributed by atoms with E-state index in [1.807, 2.05) is 26.2 Å². The van der Waals surface area contributed by atoms with Crippen LogP contribution in [0.4, 0.5) is 0 Å². The molecule has 1 aromatic rings. The largest absolute Gasteiger partial charge is 0.348 e. The van der Waals surface area contributed by atoms with Crippen LogP contribution in [0.3, 0.4) is 0 Å². The van der Waals surface area contributed by atoms with Gasteiger partial charge in [0.2, 0.25) is 0 Å². The van der Waals surface area contributed by atoms with Crippen molar-refractivity contribution in [2.45, 2.75) is 25.8 Å². The second-order valence-corrected chi connectivity index (χ2v) is 7.44. The molecule has 2 fully saturated rings. The van der Waals surface area contributed by atoms with Gasteiger partial charge in [-0.05, 0) is 44.1 Å². The number of aliphatic imine (C=N–C) groups is 1. The number of piperazine rings is 1. The lowest BCUT2D eigenvalue weighted by atomic mass is 10.2. The Bertz CT molecular complexity index is 707. The van der Waals surface area contributed by atoms with E-state index in [4.69, 9.17) is 0 Å². The summed E-state index contributed by atoms with van der Waals surface area (Å²) in [5, 5.41) is 5.19. The molecule has 2 saturated heterocycles. The van der Waals surface area contributed by atoms with Gasteiger partial charge >= 0.3 is 0 Å². The highest BCUT2D eigenvalue weighted by Crippen LogP contribution is 2.32. The number of carbonyl (C=O) groups excluding carboxylic acids is 1. The van der Waals surface area contributed by atoms with E-state index in [0.717, 1.165) is 36.1 Å². The van der Waals surface area contributed by atoms with Gasteiger partial charge < -0.3 is 4.90 Å². The van der Waals surface area contributed by atoms with Gasteiger partial charge in [0.15, 0.2) is 5.17 Å². The first-order chi connectivity index (χ1) is 11.1. The predicted molar refractivity (Wildman–Crippen MR) is 92.1 cm³/mol. The molecular weight excluding hydrogens is 310 g/mol. The summed E-state index contributed by atoms with van der Waals surface area (Å²) in [4.78, 5) is 22.1. The molecular formula is C16H21N5OS. The lowest BCUT2D eigenvalue weighted by Gasteiger charge is -2.38. The number of aryl methyl sites for hydroxylation is 2. The fraction of sp³-hybridized carbons (Fsp3) is 0.562. The minimum absolute atomic E-state index is 0.123. The first-order valence-electron chi connectivity index (χ1n) is 8.12. The van der Waals surface area contributed by atoms with Crippen molar-refractivity contribution in [2.24, 2.45) is 12.0 Å². The maximum Gasteiger partial charge on any atom is 0.286 e. The normalized spacial score (nSPS) is 27.0. The van der Waals surface area contributed by atoms with Crippen molar-refractivity contribution in [1.82, 2.24) is 19.6 Å². The van der Waals surface area contributed by atoms with E-state index >= 15 is 0 Å². The predicted octanol–water partition coefficient (Wildman–Crippen LogP) is 1.48. The summed E-state index contributed by atoms with van der Waals surface area (Å²) in [6.07, 6.45) is 6.41. The maximum absolute atomic E-state index is 12.2. The monoisotopic (exact) mass is 331 g/mol. The first-order valence-corrected chi connectivity index (χ1v) is 8.93. The average Bonchev–Trinajstić information content (AvgIpc) is 3.19.